The van der Waals surface area contributed by atoms with E-state index in [0.29, 0.717) is 0 Å². The summed E-state index contributed by atoms with van der Waals surface area (Å²) in [6.45, 7) is 4.85. The van der Waals surface area contributed by atoms with Crippen molar-refractivity contribution in [3.8, 4) is 0 Å². The van der Waals surface area contributed by atoms with E-state index in [1.807, 2.05) is 6.92 Å². The van der Waals surface area contributed by atoms with Crippen molar-refractivity contribution in [2.45, 2.75) is 62.9 Å². The van der Waals surface area contributed by atoms with E-state index in [9.17, 15) is 4.79 Å². The van der Waals surface area contributed by atoms with Gasteiger partial charge in [0.15, 0.2) is 5.78 Å². The third-order valence-corrected chi connectivity index (χ3v) is 5.81. The van der Waals surface area contributed by atoms with Gasteiger partial charge in [0.25, 0.3) is 0 Å². The zero-order valence-electron chi connectivity index (χ0n) is 13.1. The molecule has 2 aliphatic carbocycles. The Hall–Kier alpha value is -0.710. The highest BCUT2D eigenvalue weighted by Gasteiger charge is 2.72. The van der Waals surface area contributed by atoms with Crippen LogP contribution in [0.4, 0.5) is 0 Å². The number of carbonyl (C=O) groups is 1. The summed E-state index contributed by atoms with van der Waals surface area (Å²) in [5, 5.41) is 0. The van der Waals surface area contributed by atoms with Gasteiger partial charge in [0.2, 0.25) is 0 Å². The van der Waals surface area contributed by atoms with Crippen molar-refractivity contribution >= 4 is 5.78 Å². The van der Waals surface area contributed by atoms with Crippen molar-refractivity contribution < 1.29 is 19.0 Å². The largest absolute Gasteiger partial charge is 0.373 e. The van der Waals surface area contributed by atoms with Gasteiger partial charge in [-0.15, -0.1) is 0 Å². The first-order valence-electron chi connectivity index (χ1n) is 8.06. The quantitative estimate of drug-likeness (QED) is 0.589. The van der Waals surface area contributed by atoms with Crippen LogP contribution < -0.4 is 0 Å². The number of allylic oxidation sites excluding steroid dienone is 1. The van der Waals surface area contributed by atoms with Gasteiger partial charge in [-0.3, -0.25) is 4.79 Å². The molecule has 4 aliphatic rings. The Morgan fingerprint density at radius 2 is 2.14 bits per heavy atom. The number of hydrogen-bond donors (Lipinski definition) is 0. The highest BCUT2D eigenvalue weighted by atomic mass is 16.6. The van der Waals surface area contributed by atoms with E-state index in [4.69, 9.17) is 14.2 Å². The standard InChI is InChI=1S/C17H24O4/c1-10-8-17(9-20-17)15(14(19-3)13(10)18)16(2)12(21-16)7-6-11-4-5-11/h6,10,12,14-15H,4-5,7-9H2,1-3H3. The molecule has 4 rings (SSSR count). The van der Waals surface area contributed by atoms with Gasteiger partial charge in [-0.1, -0.05) is 18.6 Å². The molecule has 116 valence electrons. The maximum Gasteiger partial charge on any atom is 0.164 e. The molecule has 4 nitrogen and oxygen atoms in total. The second-order valence-electron chi connectivity index (χ2n) is 7.38. The Morgan fingerprint density at radius 1 is 1.43 bits per heavy atom. The molecule has 2 aliphatic heterocycles. The van der Waals surface area contributed by atoms with Gasteiger partial charge in [-0.2, -0.15) is 0 Å². The summed E-state index contributed by atoms with van der Waals surface area (Å²) in [4.78, 5) is 12.5. The summed E-state index contributed by atoms with van der Waals surface area (Å²) in [5.41, 5.74) is 1.07. The van der Waals surface area contributed by atoms with Crippen LogP contribution in [0.3, 0.4) is 0 Å². The van der Waals surface area contributed by atoms with Crippen molar-refractivity contribution in [2.75, 3.05) is 13.7 Å². The number of Topliss-reactive ketones (excluding diaryl/α,β-unsaturated/α-hetero) is 1. The summed E-state index contributed by atoms with van der Waals surface area (Å²) < 4.78 is 17.5. The van der Waals surface area contributed by atoms with Gasteiger partial charge in [0, 0.05) is 13.0 Å². The van der Waals surface area contributed by atoms with Gasteiger partial charge in [0.1, 0.15) is 17.3 Å². The highest BCUT2D eigenvalue weighted by Crippen LogP contribution is 2.59. The van der Waals surface area contributed by atoms with E-state index < -0.39 is 0 Å². The van der Waals surface area contributed by atoms with E-state index in [1.165, 1.54) is 12.8 Å². The summed E-state index contributed by atoms with van der Waals surface area (Å²) in [6, 6.07) is 0. The number of hydrogen-bond acceptors (Lipinski definition) is 4. The maximum atomic E-state index is 12.5. The zero-order chi connectivity index (χ0) is 14.8. The molecule has 2 heterocycles. The van der Waals surface area contributed by atoms with E-state index >= 15 is 0 Å². The second kappa shape index (κ2) is 4.40. The Kier molecular flexibility index (Phi) is 2.92. The fourth-order valence-corrected chi connectivity index (χ4v) is 4.31. The topological polar surface area (TPSA) is 51.4 Å². The molecule has 0 aromatic rings. The predicted octanol–water partition coefficient (Wildman–Crippen LogP) is 2.26. The lowest BCUT2D eigenvalue weighted by Gasteiger charge is -2.40. The normalized spacial score (nSPS) is 51.2. The summed E-state index contributed by atoms with van der Waals surface area (Å²) in [7, 11) is 1.64. The lowest BCUT2D eigenvalue weighted by molar-refractivity contribution is -0.148. The van der Waals surface area contributed by atoms with Crippen molar-refractivity contribution in [1.82, 2.24) is 0 Å². The molecule has 0 bridgehead atoms. The van der Waals surface area contributed by atoms with E-state index in [-0.39, 0.29) is 41.0 Å². The maximum absolute atomic E-state index is 12.5. The average molecular weight is 292 g/mol. The minimum atomic E-state index is -0.389. The number of ketones is 1. The van der Waals surface area contributed by atoms with Crippen LogP contribution in [0, 0.1) is 11.8 Å². The lowest BCUT2D eigenvalue weighted by atomic mass is 9.66. The number of ether oxygens (including phenoxy) is 3. The second-order valence-corrected chi connectivity index (χ2v) is 7.38. The minimum absolute atomic E-state index is 0.0167. The van der Waals surface area contributed by atoms with E-state index in [2.05, 4.69) is 13.0 Å². The van der Waals surface area contributed by atoms with Gasteiger partial charge in [-0.25, -0.2) is 0 Å². The Labute approximate surface area is 125 Å². The predicted molar refractivity (Wildman–Crippen MR) is 77.0 cm³/mol. The van der Waals surface area contributed by atoms with Crippen LogP contribution in [0.5, 0.6) is 0 Å². The van der Waals surface area contributed by atoms with Crippen LogP contribution in [0.2, 0.25) is 0 Å². The van der Waals surface area contributed by atoms with Gasteiger partial charge in [-0.05, 0) is 32.6 Å². The van der Waals surface area contributed by atoms with Crippen molar-refractivity contribution in [1.29, 1.82) is 0 Å². The molecule has 2 saturated carbocycles. The Balaban J connectivity index is 1.57. The number of methoxy groups -OCH3 is 1. The third-order valence-electron chi connectivity index (χ3n) is 5.81. The molecule has 0 amide bonds. The number of epoxide rings is 2. The van der Waals surface area contributed by atoms with Gasteiger partial charge < -0.3 is 14.2 Å². The van der Waals surface area contributed by atoms with Crippen LogP contribution in [0.15, 0.2) is 11.6 Å². The van der Waals surface area contributed by atoms with E-state index in [0.717, 1.165) is 19.4 Å². The van der Waals surface area contributed by atoms with Crippen LogP contribution in [0.25, 0.3) is 0 Å². The zero-order valence-corrected chi connectivity index (χ0v) is 13.1. The third kappa shape index (κ3) is 2.11. The molecule has 6 atom stereocenters. The molecule has 0 radical (unpaired) electrons. The smallest absolute Gasteiger partial charge is 0.164 e. The van der Waals surface area contributed by atoms with Crippen LogP contribution in [-0.2, 0) is 19.0 Å². The van der Waals surface area contributed by atoms with Crippen molar-refractivity contribution in [3.63, 3.8) is 0 Å². The SMILES string of the molecule is COC1C(=O)C(C)CC2(CO2)C1C1(C)OC1CC=C1CC1. The van der Waals surface area contributed by atoms with Crippen LogP contribution in [0.1, 0.15) is 39.5 Å². The Morgan fingerprint density at radius 3 is 2.71 bits per heavy atom. The lowest BCUT2D eigenvalue weighted by Crippen LogP contribution is -2.55. The minimum Gasteiger partial charge on any atom is -0.373 e. The fraction of sp³-hybridized carbons (Fsp3) is 0.824. The molecule has 4 fully saturated rings. The summed E-state index contributed by atoms with van der Waals surface area (Å²) in [6.07, 6.45) is 6.38. The molecular weight excluding hydrogens is 268 g/mol. The molecule has 4 heteroatoms. The molecule has 1 spiro atoms. The first-order chi connectivity index (χ1) is 10.00. The fourth-order valence-electron chi connectivity index (χ4n) is 4.31. The monoisotopic (exact) mass is 292 g/mol. The first kappa shape index (κ1) is 13.9. The first-order valence-corrected chi connectivity index (χ1v) is 8.06. The number of carbonyl (C=O) groups excluding carboxylic acids is 1. The average Bonchev–Trinajstić information content (AvgIpc) is 3.30. The molecule has 0 aromatic heterocycles. The highest BCUT2D eigenvalue weighted by molar-refractivity contribution is 5.87. The van der Waals surface area contributed by atoms with Crippen LogP contribution >= 0.6 is 0 Å². The van der Waals surface area contributed by atoms with Gasteiger partial charge >= 0.3 is 0 Å². The summed E-state index contributed by atoms with van der Waals surface area (Å²) >= 11 is 0. The van der Waals surface area contributed by atoms with Crippen molar-refractivity contribution in [2.24, 2.45) is 11.8 Å². The molecular formula is C17H24O4. The molecule has 2 saturated heterocycles. The van der Waals surface area contributed by atoms with E-state index in [1.54, 1.807) is 12.7 Å². The van der Waals surface area contributed by atoms with Crippen molar-refractivity contribution in [3.05, 3.63) is 11.6 Å². The molecule has 0 aromatic carbocycles. The molecule has 0 N–H and O–H groups in total. The number of rotatable bonds is 4. The van der Waals surface area contributed by atoms with Crippen LogP contribution in [-0.4, -0.2) is 42.9 Å². The Bertz CT molecular complexity index is 501. The molecule has 6 unspecified atom stereocenters. The van der Waals surface area contributed by atoms with Gasteiger partial charge in [0.05, 0.1) is 18.6 Å². The molecule has 21 heavy (non-hydrogen) atoms. The summed E-state index contributed by atoms with van der Waals surface area (Å²) in [5.74, 6) is 0.254.